The fraction of sp³-hybridized carbons (Fsp3) is 0.500. The maximum atomic E-state index is 6.09. The van der Waals surface area contributed by atoms with E-state index in [-0.39, 0.29) is 6.04 Å². The number of hydrogen-bond donors (Lipinski definition) is 1. The molecule has 0 aliphatic rings. The van der Waals surface area contributed by atoms with Crippen molar-refractivity contribution in [2.45, 2.75) is 19.0 Å². The van der Waals surface area contributed by atoms with Crippen LogP contribution in [0.25, 0.3) is 0 Å². The Morgan fingerprint density at radius 3 is 2.47 bits per heavy atom. The Balaban J connectivity index is 2.58. The van der Waals surface area contributed by atoms with E-state index in [0.29, 0.717) is 29.1 Å². The van der Waals surface area contributed by atoms with E-state index in [0.717, 1.165) is 12.0 Å². The topological polar surface area (TPSA) is 21.3 Å². The second-order valence-corrected chi connectivity index (χ2v) is 4.90. The van der Waals surface area contributed by atoms with Gasteiger partial charge in [0.05, 0.1) is 6.61 Å². The smallest absolute Gasteiger partial charge is 0.0616 e. The molecule has 0 aliphatic heterocycles. The second kappa shape index (κ2) is 8.17. The normalized spacial score (nSPS) is 12.7. The molecular formula is C12H16Cl3NO. The van der Waals surface area contributed by atoms with E-state index in [4.69, 9.17) is 39.5 Å². The number of halogens is 3. The third kappa shape index (κ3) is 5.02. The van der Waals surface area contributed by atoms with Gasteiger partial charge in [-0.05, 0) is 18.6 Å². The SMILES string of the molecule is COCC(CCCl)NCc1c(Cl)cccc1Cl. The van der Waals surface area contributed by atoms with Crippen molar-refractivity contribution in [2.24, 2.45) is 0 Å². The van der Waals surface area contributed by atoms with Crippen LogP contribution in [0.2, 0.25) is 10.0 Å². The first-order valence-corrected chi connectivity index (χ1v) is 6.69. The number of nitrogens with one attached hydrogen (secondary N) is 1. The van der Waals surface area contributed by atoms with Crippen molar-refractivity contribution in [1.29, 1.82) is 0 Å². The third-order valence-corrected chi connectivity index (χ3v) is 3.38. The molecule has 1 atom stereocenters. The molecule has 0 heterocycles. The monoisotopic (exact) mass is 295 g/mol. The quantitative estimate of drug-likeness (QED) is 0.774. The van der Waals surface area contributed by atoms with Crippen molar-refractivity contribution in [3.63, 3.8) is 0 Å². The van der Waals surface area contributed by atoms with E-state index < -0.39 is 0 Å². The maximum Gasteiger partial charge on any atom is 0.0616 e. The van der Waals surface area contributed by atoms with Crippen molar-refractivity contribution in [3.8, 4) is 0 Å². The number of rotatable bonds is 7. The van der Waals surface area contributed by atoms with Crippen molar-refractivity contribution >= 4 is 34.8 Å². The van der Waals surface area contributed by atoms with Gasteiger partial charge in [0.15, 0.2) is 0 Å². The van der Waals surface area contributed by atoms with Gasteiger partial charge in [-0.25, -0.2) is 0 Å². The zero-order valence-electron chi connectivity index (χ0n) is 9.68. The van der Waals surface area contributed by atoms with Gasteiger partial charge in [-0.2, -0.15) is 0 Å². The lowest BCUT2D eigenvalue weighted by atomic mass is 10.2. The highest BCUT2D eigenvalue weighted by Gasteiger charge is 2.10. The molecule has 0 amide bonds. The molecule has 0 aromatic heterocycles. The fourth-order valence-electron chi connectivity index (χ4n) is 1.52. The average molecular weight is 297 g/mol. The molecule has 1 unspecified atom stereocenters. The van der Waals surface area contributed by atoms with Gasteiger partial charge < -0.3 is 10.1 Å². The zero-order chi connectivity index (χ0) is 12.7. The second-order valence-electron chi connectivity index (χ2n) is 3.71. The summed E-state index contributed by atoms with van der Waals surface area (Å²) < 4.78 is 5.12. The van der Waals surface area contributed by atoms with E-state index in [2.05, 4.69) is 5.32 Å². The Hall–Kier alpha value is 0.01000. The van der Waals surface area contributed by atoms with Crippen LogP contribution >= 0.6 is 34.8 Å². The molecule has 1 aromatic carbocycles. The van der Waals surface area contributed by atoms with Gasteiger partial charge in [0.25, 0.3) is 0 Å². The molecule has 2 nitrogen and oxygen atoms in total. The van der Waals surface area contributed by atoms with E-state index in [1.165, 1.54) is 0 Å². The lowest BCUT2D eigenvalue weighted by molar-refractivity contribution is 0.164. The Labute approximate surface area is 117 Å². The van der Waals surface area contributed by atoms with Crippen LogP contribution in [-0.4, -0.2) is 25.6 Å². The lowest BCUT2D eigenvalue weighted by Gasteiger charge is -2.17. The van der Waals surface area contributed by atoms with E-state index >= 15 is 0 Å². The third-order valence-electron chi connectivity index (χ3n) is 2.45. The van der Waals surface area contributed by atoms with Crippen molar-refractivity contribution in [1.82, 2.24) is 5.32 Å². The number of benzene rings is 1. The van der Waals surface area contributed by atoms with Crippen molar-refractivity contribution in [3.05, 3.63) is 33.8 Å². The first-order valence-electron chi connectivity index (χ1n) is 5.40. The minimum Gasteiger partial charge on any atom is -0.383 e. The molecule has 0 fully saturated rings. The van der Waals surface area contributed by atoms with E-state index in [9.17, 15) is 0 Å². The summed E-state index contributed by atoms with van der Waals surface area (Å²) in [7, 11) is 1.67. The minimum absolute atomic E-state index is 0.213. The van der Waals surface area contributed by atoms with E-state index in [1.807, 2.05) is 18.2 Å². The van der Waals surface area contributed by atoms with Crippen LogP contribution in [0.5, 0.6) is 0 Å². The highest BCUT2D eigenvalue weighted by Crippen LogP contribution is 2.24. The summed E-state index contributed by atoms with van der Waals surface area (Å²) >= 11 is 17.9. The number of methoxy groups -OCH3 is 1. The molecule has 1 aromatic rings. The summed E-state index contributed by atoms with van der Waals surface area (Å²) in [5.74, 6) is 0.595. The van der Waals surface area contributed by atoms with Gasteiger partial charge in [0.1, 0.15) is 0 Å². The first kappa shape index (κ1) is 15.1. The number of ether oxygens (including phenoxy) is 1. The predicted octanol–water partition coefficient (Wildman–Crippen LogP) is 3.73. The van der Waals surface area contributed by atoms with Gasteiger partial charge in [-0.1, -0.05) is 29.3 Å². The van der Waals surface area contributed by atoms with Gasteiger partial charge in [0.2, 0.25) is 0 Å². The van der Waals surface area contributed by atoms with Gasteiger partial charge in [0, 0.05) is 41.2 Å². The summed E-state index contributed by atoms with van der Waals surface area (Å²) in [6.07, 6.45) is 0.845. The molecule has 0 aliphatic carbocycles. The largest absolute Gasteiger partial charge is 0.383 e. The van der Waals surface area contributed by atoms with Gasteiger partial charge >= 0.3 is 0 Å². The van der Waals surface area contributed by atoms with Crippen LogP contribution in [0.1, 0.15) is 12.0 Å². The molecule has 0 bridgehead atoms. The fourth-order valence-corrected chi connectivity index (χ4v) is 2.32. The Bertz CT molecular complexity index is 320. The summed E-state index contributed by atoms with van der Waals surface area (Å²) in [6, 6.07) is 5.71. The van der Waals surface area contributed by atoms with Crippen LogP contribution in [0.3, 0.4) is 0 Å². The van der Waals surface area contributed by atoms with Crippen molar-refractivity contribution < 1.29 is 4.74 Å². The summed E-state index contributed by atoms with van der Waals surface area (Å²) in [5.41, 5.74) is 0.909. The zero-order valence-corrected chi connectivity index (χ0v) is 11.9. The summed E-state index contributed by atoms with van der Waals surface area (Å²) in [4.78, 5) is 0. The molecule has 0 saturated heterocycles. The molecule has 0 saturated carbocycles. The maximum absolute atomic E-state index is 6.09. The Morgan fingerprint density at radius 2 is 1.94 bits per heavy atom. The Morgan fingerprint density at radius 1 is 1.29 bits per heavy atom. The molecule has 0 spiro atoms. The van der Waals surface area contributed by atoms with Crippen LogP contribution in [0, 0.1) is 0 Å². The number of hydrogen-bond acceptors (Lipinski definition) is 2. The van der Waals surface area contributed by atoms with Crippen molar-refractivity contribution in [2.75, 3.05) is 19.6 Å². The van der Waals surface area contributed by atoms with Crippen LogP contribution < -0.4 is 5.32 Å². The average Bonchev–Trinajstić information content (AvgIpc) is 2.29. The Kier molecular flexibility index (Phi) is 7.24. The van der Waals surface area contributed by atoms with Gasteiger partial charge in [-0.3, -0.25) is 0 Å². The van der Waals surface area contributed by atoms with Crippen LogP contribution in [0.4, 0.5) is 0 Å². The molecule has 1 N–H and O–H groups in total. The van der Waals surface area contributed by atoms with Gasteiger partial charge in [-0.15, -0.1) is 11.6 Å². The van der Waals surface area contributed by atoms with E-state index in [1.54, 1.807) is 7.11 Å². The predicted molar refractivity (Wildman–Crippen MR) is 74.3 cm³/mol. The molecule has 17 heavy (non-hydrogen) atoms. The van der Waals surface area contributed by atoms with Crippen LogP contribution in [0.15, 0.2) is 18.2 Å². The molecule has 1 rings (SSSR count). The summed E-state index contributed by atoms with van der Waals surface area (Å²) in [5, 5.41) is 4.69. The molecular weight excluding hydrogens is 280 g/mol. The highest BCUT2D eigenvalue weighted by molar-refractivity contribution is 6.35. The minimum atomic E-state index is 0.213. The van der Waals surface area contributed by atoms with Crippen LogP contribution in [-0.2, 0) is 11.3 Å². The highest BCUT2D eigenvalue weighted by atomic mass is 35.5. The summed E-state index contributed by atoms with van der Waals surface area (Å²) in [6.45, 7) is 1.23. The molecule has 0 radical (unpaired) electrons. The first-order chi connectivity index (χ1) is 8.19. The molecule has 5 heteroatoms. The number of alkyl halides is 1. The lowest BCUT2D eigenvalue weighted by Crippen LogP contribution is -2.33. The standard InChI is InChI=1S/C12H16Cl3NO/c1-17-8-9(5-6-13)16-7-10-11(14)3-2-4-12(10)15/h2-4,9,16H,5-8H2,1H3. The molecule has 96 valence electrons.